The van der Waals surface area contributed by atoms with Gasteiger partial charge in [0.2, 0.25) is 0 Å². The monoisotopic (exact) mass is 461 g/mol. The van der Waals surface area contributed by atoms with E-state index in [1.807, 2.05) is 44.2 Å². The van der Waals surface area contributed by atoms with E-state index in [2.05, 4.69) is 26.3 Å². The van der Waals surface area contributed by atoms with Crippen LogP contribution in [0, 0.1) is 13.8 Å². The van der Waals surface area contributed by atoms with Crippen LogP contribution in [0.15, 0.2) is 46.9 Å². The molecule has 0 amide bonds. The Morgan fingerprint density at radius 1 is 0.926 bits per heavy atom. The summed E-state index contributed by atoms with van der Waals surface area (Å²) in [6.07, 6.45) is 0. The molecule has 2 aromatic carbocycles. The third kappa shape index (κ3) is 3.65. The zero-order valence-electron chi connectivity index (χ0n) is 14.5. The average Bonchev–Trinajstić information content (AvgIpc) is 2.96. The van der Waals surface area contributed by atoms with Gasteiger partial charge in [-0.05, 0) is 56.3 Å². The predicted octanol–water partition coefficient (Wildman–Crippen LogP) is 6.25. The first-order valence-electron chi connectivity index (χ1n) is 8.14. The third-order valence-electron chi connectivity index (χ3n) is 4.01. The zero-order valence-corrected chi connectivity index (χ0v) is 17.6. The molecule has 0 fully saturated rings. The second kappa shape index (κ2) is 7.11. The topological polar surface area (TPSA) is 55.6 Å². The first-order chi connectivity index (χ1) is 12.9. The van der Waals surface area contributed by atoms with Crippen LogP contribution in [-0.4, -0.2) is 19.7 Å². The Labute approximate surface area is 174 Å². The van der Waals surface area contributed by atoms with Crippen LogP contribution in [0.1, 0.15) is 11.4 Å². The molecule has 136 valence electrons. The summed E-state index contributed by atoms with van der Waals surface area (Å²) in [6, 6.07) is 13.2. The van der Waals surface area contributed by atoms with E-state index >= 15 is 0 Å². The van der Waals surface area contributed by atoms with Gasteiger partial charge in [0.15, 0.2) is 11.6 Å². The Balaban J connectivity index is 1.93. The molecule has 8 heteroatoms. The van der Waals surface area contributed by atoms with Crippen LogP contribution in [-0.2, 0) is 0 Å². The predicted molar refractivity (Wildman–Crippen MR) is 114 cm³/mol. The van der Waals surface area contributed by atoms with Crippen LogP contribution in [0.5, 0.6) is 0 Å². The van der Waals surface area contributed by atoms with E-state index in [0.29, 0.717) is 32.7 Å². The van der Waals surface area contributed by atoms with Crippen LogP contribution in [0.25, 0.3) is 16.9 Å². The van der Waals surface area contributed by atoms with Crippen LogP contribution in [0.4, 0.5) is 11.5 Å². The number of nitrogens with one attached hydrogen (secondary N) is 1. The lowest BCUT2D eigenvalue weighted by Crippen LogP contribution is -2.08. The molecule has 1 N–H and O–H groups in total. The fourth-order valence-corrected chi connectivity index (χ4v) is 3.37. The van der Waals surface area contributed by atoms with Crippen molar-refractivity contribution in [1.29, 1.82) is 0 Å². The highest BCUT2D eigenvalue weighted by atomic mass is 79.9. The van der Waals surface area contributed by atoms with E-state index in [4.69, 9.17) is 33.2 Å². The molecule has 4 rings (SSSR count). The molecule has 4 aromatic rings. The molecule has 0 bridgehead atoms. The van der Waals surface area contributed by atoms with E-state index in [9.17, 15) is 0 Å². The van der Waals surface area contributed by atoms with Gasteiger partial charge in [-0.3, -0.25) is 0 Å². The number of fused-ring (bicyclic) bond motifs is 1. The number of hydrogen-bond acceptors (Lipinski definition) is 4. The molecule has 0 saturated heterocycles. The minimum Gasteiger partial charge on any atom is -0.337 e. The summed E-state index contributed by atoms with van der Waals surface area (Å²) in [5.41, 5.74) is 4.04. The van der Waals surface area contributed by atoms with Crippen molar-refractivity contribution in [3.8, 4) is 5.82 Å². The number of benzene rings is 2. The molecule has 0 radical (unpaired) electrons. The lowest BCUT2D eigenvalue weighted by molar-refractivity contribution is 0.808. The number of anilines is 2. The summed E-state index contributed by atoms with van der Waals surface area (Å²) in [6.45, 7) is 3.92. The standard InChI is InChI=1S/C19H14BrCl2N5/c1-10-7-11(2)27(26-10)19-18(23-13-5-3-12(20)4-6-13)24-16-8-14(21)15(22)9-17(16)25-19/h3-9H,1-2H3,(H,23,24). The van der Waals surface area contributed by atoms with Crippen LogP contribution < -0.4 is 5.32 Å². The van der Waals surface area contributed by atoms with Gasteiger partial charge in [0, 0.05) is 15.9 Å². The molecule has 0 aliphatic rings. The summed E-state index contributed by atoms with van der Waals surface area (Å²) in [7, 11) is 0. The van der Waals surface area contributed by atoms with Gasteiger partial charge in [0.05, 0.1) is 26.8 Å². The first-order valence-corrected chi connectivity index (χ1v) is 9.68. The highest BCUT2D eigenvalue weighted by molar-refractivity contribution is 9.10. The molecule has 27 heavy (non-hydrogen) atoms. The molecule has 0 atom stereocenters. The molecular weight excluding hydrogens is 449 g/mol. The van der Waals surface area contributed by atoms with Crippen molar-refractivity contribution in [3.63, 3.8) is 0 Å². The number of aryl methyl sites for hydroxylation is 2. The van der Waals surface area contributed by atoms with E-state index in [0.717, 1.165) is 21.5 Å². The van der Waals surface area contributed by atoms with Crippen LogP contribution >= 0.6 is 39.1 Å². The number of hydrogen-bond donors (Lipinski definition) is 1. The van der Waals surface area contributed by atoms with Crippen molar-refractivity contribution < 1.29 is 0 Å². The van der Waals surface area contributed by atoms with Crippen molar-refractivity contribution in [2.24, 2.45) is 0 Å². The van der Waals surface area contributed by atoms with Gasteiger partial charge >= 0.3 is 0 Å². The number of nitrogens with zero attached hydrogens (tertiary/aromatic N) is 4. The zero-order chi connectivity index (χ0) is 19.1. The van der Waals surface area contributed by atoms with Gasteiger partial charge in [-0.1, -0.05) is 39.1 Å². The quantitative estimate of drug-likeness (QED) is 0.391. The molecular formula is C19H14BrCl2N5. The molecule has 0 spiro atoms. The normalized spacial score (nSPS) is 11.1. The fraction of sp³-hybridized carbons (Fsp3) is 0.105. The van der Waals surface area contributed by atoms with Crippen molar-refractivity contribution >= 4 is 61.7 Å². The second-order valence-electron chi connectivity index (χ2n) is 6.12. The van der Waals surface area contributed by atoms with Gasteiger partial charge in [-0.15, -0.1) is 0 Å². The van der Waals surface area contributed by atoms with E-state index in [1.165, 1.54) is 0 Å². The second-order valence-corrected chi connectivity index (χ2v) is 7.85. The first kappa shape index (κ1) is 18.2. The van der Waals surface area contributed by atoms with E-state index in [-0.39, 0.29) is 0 Å². The maximum Gasteiger partial charge on any atom is 0.197 e. The molecule has 5 nitrogen and oxygen atoms in total. The fourth-order valence-electron chi connectivity index (χ4n) is 2.79. The highest BCUT2D eigenvalue weighted by Gasteiger charge is 2.16. The molecule has 2 heterocycles. The Bertz CT molecular complexity index is 1160. The summed E-state index contributed by atoms with van der Waals surface area (Å²) in [5.74, 6) is 1.17. The number of halogens is 3. The van der Waals surface area contributed by atoms with Crippen LogP contribution in [0.2, 0.25) is 10.0 Å². The largest absolute Gasteiger partial charge is 0.337 e. The summed E-state index contributed by atoms with van der Waals surface area (Å²) < 4.78 is 2.77. The van der Waals surface area contributed by atoms with Gasteiger partial charge in [0.1, 0.15) is 0 Å². The Morgan fingerprint density at radius 2 is 1.56 bits per heavy atom. The average molecular weight is 463 g/mol. The SMILES string of the molecule is Cc1cc(C)n(-c2nc3cc(Cl)c(Cl)cc3nc2Nc2ccc(Br)cc2)n1. The smallest absolute Gasteiger partial charge is 0.197 e. The summed E-state index contributed by atoms with van der Waals surface area (Å²) >= 11 is 15.8. The molecule has 2 aromatic heterocycles. The van der Waals surface area contributed by atoms with Crippen molar-refractivity contribution in [2.75, 3.05) is 5.32 Å². The molecule has 0 aliphatic carbocycles. The lowest BCUT2D eigenvalue weighted by Gasteiger charge is -2.13. The van der Waals surface area contributed by atoms with E-state index < -0.39 is 0 Å². The van der Waals surface area contributed by atoms with E-state index in [1.54, 1.807) is 16.8 Å². The van der Waals surface area contributed by atoms with Gasteiger partial charge in [-0.25, -0.2) is 14.6 Å². The van der Waals surface area contributed by atoms with Crippen molar-refractivity contribution in [1.82, 2.24) is 19.7 Å². The maximum absolute atomic E-state index is 6.16. The molecule has 0 saturated carbocycles. The minimum absolute atomic E-state index is 0.436. The molecule has 0 unspecified atom stereocenters. The Morgan fingerprint density at radius 3 is 2.15 bits per heavy atom. The van der Waals surface area contributed by atoms with Crippen molar-refractivity contribution in [2.45, 2.75) is 13.8 Å². The van der Waals surface area contributed by atoms with Gasteiger partial charge in [0.25, 0.3) is 0 Å². The maximum atomic E-state index is 6.16. The highest BCUT2D eigenvalue weighted by Crippen LogP contribution is 2.30. The lowest BCUT2D eigenvalue weighted by atomic mass is 10.3. The number of rotatable bonds is 3. The third-order valence-corrected chi connectivity index (χ3v) is 5.26. The Hall–Kier alpha value is -2.15. The summed E-state index contributed by atoms with van der Waals surface area (Å²) in [5, 5.41) is 8.75. The number of aromatic nitrogens is 4. The molecule has 0 aliphatic heterocycles. The minimum atomic E-state index is 0.436. The van der Waals surface area contributed by atoms with Crippen LogP contribution in [0.3, 0.4) is 0 Å². The Kier molecular flexibility index (Phi) is 4.80. The summed E-state index contributed by atoms with van der Waals surface area (Å²) in [4.78, 5) is 9.49. The van der Waals surface area contributed by atoms with Gasteiger partial charge < -0.3 is 5.32 Å². The van der Waals surface area contributed by atoms with Crippen molar-refractivity contribution in [3.05, 3.63) is 68.4 Å². The van der Waals surface area contributed by atoms with Gasteiger partial charge in [-0.2, -0.15) is 5.10 Å².